The van der Waals surface area contributed by atoms with Crippen LogP contribution in [0.15, 0.2) is 18.2 Å². The predicted molar refractivity (Wildman–Crippen MR) is 281 cm³/mol. The molecule has 2 aliphatic rings. The Balaban J connectivity index is -0.00000000240. The Bertz CT molecular complexity index is 1180. The molecular weight excluding hydrogens is 425 g/mol. The molecule has 1 fully saturated rings. The van der Waals surface area contributed by atoms with Crippen molar-refractivity contribution in [2.45, 2.75) is 73.0 Å². The van der Waals surface area contributed by atoms with E-state index < -0.39 is 5.54 Å². The van der Waals surface area contributed by atoms with Crippen molar-refractivity contribution in [1.82, 2.24) is 4.90 Å². The second-order valence-corrected chi connectivity index (χ2v) is 10.9. The van der Waals surface area contributed by atoms with Gasteiger partial charge in [0.25, 0.3) is 0 Å². The molecule has 0 radical (unpaired) electrons. The maximum Gasteiger partial charge on any atom is 0.308 e. The Morgan fingerprint density at radius 3 is 2.47 bits per heavy atom. The Labute approximate surface area is 303 Å². The molecule has 0 spiro atoms. The maximum atomic E-state index is 15.5. The van der Waals surface area contributed by atoms with E-state index in [-0.39, 0.29) is 135 Å². The molecule has 1 saturated carbocycles. The Morgan fingerprint density at radius 2 is 1.88 bits per heavy atom. The van der Waals surface area contributed by atoms with Crippen molar-refractivity contribution >= 4 is 23.1 Å². The highest BCUT2D eigenvalue weighted by molar-refractivity contribution is 7.14. The van der Waals surface area contributed by atoms with E-state index in [0.29, 0.717) is 29.0 Å². The molecular formula is C26H180FNO3S. The zero-order chi connectivity index (χ0) is 23.5. The molecule has 4 unspecified atom stereocenters. The third-order valence-corrected chi connectivity index (χ3v) is 8.90. The predicted octanol–water partition coefficient (Wildman–Crippen LogP) is 23.8. The molecule has 6 heteroatoms. The van der Waals surface area contributed by atoms with Crippen LogP contribution in [0, 0.1) is 37.4 Å². The summed E-state index contributed by atoms with van der Waals surface area (Å²) in [5, 5.41) is 0.576. The first-order chi connectivity index (χ1) is 15.0. The van der Waals surface area contributed by atoms with Gasteiger partial charge < -0.3 is 4.74 Å². The second-order valence-electron chi connectivity index (χ2n) is 9.83. The summed E-state index contributed by atoms with van der Waals surface area (Å²) < 4.78 is 20.8. The number of fused-ring (bicyclic) bond motifs is 1. The first kappa shape index (κ1) is 23.1. The van der Waals surface area contributed by atoms with Crippen LogP contribution in [0.2, 0.25) is 0 Å². The number of aryl methyl sites for hydroxylation is 1. The molecule has 4 nitrogen and oxygen atoms in total. The van der Waals surface area contributed by atoms with Gasteiger partial charge in [0.2, 0.25) is 0 Å². The Hall–Kier alpha value is -2.05. The fraction of sp³-hybridized carbons (Fsp3) is 0.538. The molecule has 2 heterocycles. The second kappa shape index (κ2) is 8.07. The number of esters is 1. The van der Waals surface area contributed by atoms with Gasteiger partial charge in [-0.25, -0.2) is 4.39 Å². The van der Waals surface area contributed by atoms with Crippen molar-refractivity contribution in [2.24, 2.45) is 17.8 Å². The summed E-state index contributed by atoms with van der Waals surface area (Å²) in [6.07, 6.45) is 0.729. The lowest BCUT2D eigenvalue weighted by Gasteiger charge is -2.47. The normalized spacial score (nSPS) is 26.9. The van der Waals surface area contributed by atoms with E-state index in [1.165, 1.54) is 24.3 Å². The van der Waals surface area contributed by atoms with Crippen LogP contribution in [0.1, 0.15) is 167 Å². The number of thiophene rings is 1. The third kappa shape index (κ3) is 3.61. The topological polar surface area (TPSA) is 46.6 Å². The first-order valence-corrected chi connectivity index (χ1v) is 12.2. The number of carbonyl (C=O) groups is 2. The fourth-order valence-electron chi connectivity index (χ4n) is 5.51. The van der Waals surface area contributed by atoms with Crippen LogP contribution in [0.4, 0.5) is 4.39 Å². The van der Waals surface area contributed by atoms with Gasteiger partial charge in [0, 0.05) is 141 Å². The SMILES string of the molecule is CC(=O)Oc1cc2c(s1)CC(C)N(C(C)(C(=O)C1C(C)C1C)c1c(F)ccc(C)c1C)C2.[HH].[HH].[HH].[HH].[HH].[HH].[HH].[HH].[HH].[HH].[HH].[HH].[HH].[HH].[HH].[HH].[HH].[HH].[HH].[HH].[HH].[HH].[HH].[HH].[HH].[HH].[HH].[HH].[HH].[HH].[HH].[HH].[HH].[HH].[HH].[HH].[HH].[HH].[HH].[HH].[HH].[HH].[HH].[HH].[HH].[HH].[HH].[HH].[HH].[HH].[HH].[HH].[HH].[HH].[HH].[HH].[HH].[HH].[HH].[HH].[HH].[HH].[HH].[HH].[HH].[HH].[HH].[HH].[HH].[HH].[HH].[HH].[HH].[HH]. The molecule has 0 bridgehead atoms. The van der Waals surface area contributed by atoms with Gasteiger partial charge in [-0.05, 0) is 74.8 Å². The number of carbonyl (C=O) groups excluding carboxylic acids is 2. The summed E-state index contributed by atoms with van der Waals surface area (Å²) in [6, 6.07) is 5.20. The van der Waals surface area contributed by atoms with Gasteiger partial charge in [-0.3, -0.25) is 14.5 Å². The molecule has 1 aromatic carbocycles. The average molecular weight is 607 g/mol. The van der Waals surface area contributed by atoms with Gasteiger partial charge in [-0.1, -0.05) is 19.9 Å². The van der Waals surface area contributed by atoms with E-state index in [1.54, 1.807) is 6.07 Å². The molecule has 1 aromatic heterocycles. The van der Waals surface area contributed by atoms with Gasteiger partial charge in [0.1, 0.15) is 11.4 Å². The van der Waals surface area contributed by atoms with Crippen LogP contribution < -0.4 is 4.74 Å². The summed E-state index contributed by atoms with van der Waals surface area (Å²) in [5.41, 5.74) is 2.29. The van der Waals surface area contributed by atoms with Crippen molar-refractivity contribution in [3.8, 4) is 5.06 Å². The number of hydrogen-bond acceptors (Lipinski definition) is 5. The van der Waals surface area contributed by atoms with Crippen LogP contribution in [-0.2, 0) is 28.1 Å². The zero-order valence-electron chi connectivity index (χ0n) is 19.9. The smallest absolute Gasteiger partial charge is 0.308 e. The minimum Gasteiger partial charge on any atom is -0.416 e. The number of nitrogens with zero attached hydrogens (tertiary/aromatic N) is 1. The molecule has 2 aromatic rings. The Morgan fingerprint density at radius 1 is 1.22 bits per heavy atom. The van der Waals surface area contributed by atoms with Gasteiger partial charge >= 0.3 is 5.97 Å². The van der Waals surface area contributed by atoms with Crippen LogP contribution in [0.25, 0.3) is 0 Å². The molecule has 0 saturated heterocycles. The van der Waals surface area contributed by atoms with E-state index in [2.05, 4.69) is 25.7 Å². The standard InChI is InChI=1S/C26H32FNO3S.74H2/c1-13-8-9-20(27)24(15(13)3)26(7,25(30)23-16(4)17(23)5)28-12-19-11-22(31-18(6)29)32-21(19)10-14(28)2;;;;;;;;;;;;;;;;;;;;;;;;;;;;;;;;;;;;;;;;;;;;;;;;;;;;;;;;;;;;;;;;;;;;;;;;;;/h8-9,11,14,16-17,23H,10,12H2,1-7H3;74*1H. The lowest BCUT2D eigenvalue weighted by Crippen LogP contribution is -2.56. The van der Waals surface area contributed by atoms with E-state index >= 15 is 4.39 Å². The highest BCUT2D eigenvalue weighted by Crippen LogP contribution is 2.52. The highest BCUT2D eigenvalue weighted by Gasteiger charge is 2.57. The minimum absolute atomic E-state index is 0. The van der Waals surface area contributed by atoms with Gasteiger partial charge in [0.05, 0.1) is 0 Å². The lowest BCUT2D eigenvalue weighted by atomic mass is 9.77. The third-order valence-electron chi connectivity index (χ3n) is 7.82. The van der Waals surface area contributed by atoms with Crippen molar-refractivity contribution < 1.29 is 124 Å². The quantitative estimate of drug-likeness (QED) is 0.318. The van der Waals surface area contributed by atoms with Crippen LogP contribution in [0.3, 0.4) is 0 Å². The highest BCUT2D eigenvalue weighted by atomic mass is 32.1. The van der Waals surface area contributed by atoms with Crippen LogP contribution in [-0.4, -0.2) is 22.7 Å². The van der Waals surface area contributed by atoms with E-state index in [9.17, 15) is 9.59 Å². The Kier molecular flexibility index (Phi) is 5.83. The van der Waals surface area contributed by atoms with Gasteiger partial charge in [-0.15, -0.1) is 11.3 Å². The molecule has 0 N–H and O–H groups in total. The zero-order valence-corrected chi connectivity index (χ0v) is 20.7. The van der Waals surface area contributed by atoms with Crippen LogP contribution >= 0.6 is 11.3 Å². The monoisotopic (exact) mass is 606 g/mol. The number of Topliss-reactive ketones (excluding diaryl/α,β-unsaturated/α-hetero) is 1. The molecule has 1 aliphatic heterocycles. The minimum atomic E-state index is -1.08. The summed E-state index contributed by atoms with van der Waals surface area (Å²) in [5.74, 6) is -0.0101. The number of ether oxygens (including phenoxy) is 1. The molecule has 0 amide bonds. The van der Waals surface area contributed by atoms with E-state index in [0.717, 1.165) is 28.0 Å². The fourth-order valence-corrected chi connectivity index (χ4v) is 6.69. The van der Waals surface area contributed by atoms with Gasteiger partial charge in [-0.2, -0.15) is 0 Å². The summed E-state index contributed by atoms with van der Waals surface area (Å²) in [4.78, 5) is 28.9. The van der Waals surface area contributed by atoms with Crippen molar-refractivity contribution in [1.29, 1.82) is 0 Å². The number of ketones is 1. The molecule has 32 heavy (non-hydrogen) atoms. The molecule has 320 valence electrons. The lowest BCUT2D eigenvalue weighted by molar-refractivity contribution is -0.136. The van der Waals surface area contributed by atoms with Gasteiger partial charge in [0.15, 0.2) is 10.8 Å². The molecule has 4 rings (SSSR count). The molecule has 4 atom stereocenters. The summed E-state index contributed by atoms with van der Waals surface area (Å²) in [7, 11) is 0. The maximum absolute atomic E-state index is 15.5. The number of rotatable bonds is 5. The van der Waals surface area contributed by atoms with Crippen molar-refractivity contribution in [2.75, 3.05) is 0 Å². The summed E-state index contributed by atoms with van der Waals surface area (Å²) >= 11 is 1.48. The summed E-state index contributed by atoms with van der Waals surface area (Å²) in [6.45, 7) is 14.0. The number of benzene rings is 1. The number of hydrogen-bond donors (Lipinski definition) is 0. The molecule has 1 aliphatic carbocycles. The average Bonchev–Trinajstić information content (AvgIpc) is 3.11. The first-order valence-electron chi connectivity index (χ1n) is 11.3. The van der Waals surface area contributed by atoms with Crippen molar-refractivity contribution in [3.05, 3.63) is 51.1 Å². The number of halogens is 1. The largest absolute Gasteiger partial charge is 0.416 e. The van der Waals surface area contributed by atoms with Crippen molar-refractivity contribution in [3.63, 3.8) is 0 Å². The van der Waals surface area contributed by atoms with E-state index in [4.69, 9.17) is 4.74 Å². The van der Waals surface area contributed by atoms with E-state index in [1.807, 2.05) is 26.8 Å². The van der Waals surface area contributed by atoms with Crippen LogP contribution in [0.5, 0.6) is 5.06 Å².